The summed E-state index contributed by atoms with van der Waals surface area (Å²) in [5, 5.41) is 5.77. The number of aryl methyl sites for hydroxylation is 1. The first-order valence-electron chi connectivity index (χ1n) is 8.23. The fourth-order valence-electron chi connectivity index (χ4n) is 2.51. The summed E-state index contributed by atoms with van der Waals surface area (Å²) in [6.45, 7) is 2.49. The fourth-order valence-corrected chi connectivity index (χ4v) is 2.90. The molecule has 2 rings (SSSR count). The minimum atomic E-state index is -0.133. The zero-order chi connectivity index (χ0) is 18.2. The number of amides is 2. The van der Waals surface area contributed by atoms with E-state index in [-0.39, 0.29) is 24.9 Å². The Morgan fingerprint density at radius 2 is 1.44 bits per heavy atom. The molecular weight excluding hydrogens is 382 g/mol. The summed E-state index contributed by atoms with van der Waals surface area (Å²) in [4.78, 5) is 25.2. The van der Waals surface area contributed by atoms with Gasteiger partial charge in [0.1, 0.15) is 0 Å². The number of quaternary nitrogens is 1. The van der Waals surface area contributed by atoms with Crippen LogP contribution in [0.1, 0.15) is 12.5 Å². The normalized spacial score (nSPS) is 11.6. The van der Waals surface area contributed by atoms with E-state index in [9.17, 15) is 9.59 Å². The number of carbonyl (C=O) groups is 2. The highest BCUT2D eigenvalue weighted by molar-refractivity contribution is 9.10. The van der Waals surface area contributed by atoms with Crippen LogP contribution in [0, 0.1) is 0 Å². The van der Waals surface area contributed by atoms with Crippen molar-refractivity contribution in [1.29, 1.82) is 0 Å². The zero-order valence-electron chi connectivity index (χ0n) is 14.4. The molecule has 2 aromatic carbocycles. The first-order valence-corrected chi connectivity index (χ1v) is 9.02. The van der Waals surface area contributed by atoms with Crippen molar-refractivity contribution in [1.82, 2.24) is 0 Å². The van der Waals surface area contributed by atoms with Gasteiger partial charge < -0.3 is 15.5 Å². The predicted octanol–water partition coefficient (Wildman–Crippen LogP) is 2.10. The summed E-state index contributed by atoms with van der Waals surface area (Å²) in [6.07, 6.45) is 0.855. The van der Waals surface area contributed by atoms with Crippen LogP contribution >= 0.6 is 15.9 Å². The standard InChI is InChI=1S/C19H22BrN3O2/c1-3-14-8-4-6-10-16(14)21-18(24)12-23(2)13-19(25)22-17-11-7-5-9-15(17)20/h4-11H,3,12-13H2,1-2H3,(H,21,24)(H,22,25)/p+1. The third-order valence-corrected chi connectivity index (χ3v) is 4.44. The Hall–Kier alpha value is -2.18. The Labute approximate surface area is 156 Å². The molecule has 0 aliphatic heterocycles. The SMILES string of the molecule is CCc1ccccc1NC(=O)C[NH+](C)CC(=O)Nc1ccccc1Br. The largest absolute Gasteiger partial charge is 0.322 e. The second-order valence-electron chi connectivity index (χ2n) is 5.90. The van der Waals surface area contributed by atoms with E-state index >= 15 is 0 Å². The molecule has 5 nitrogen and oxygen atoms in total. The van der Waals surface area contributed by atoms with E-state index < -0.39 is 0 Å². The maximum atomic E-state index is 12.2. The fraction of sp³-hybridized carbons (Fsp3) is 0.263. The van der Waals surface area contributed by atoms with Crippen LogP contribution in [-0.4, -0.2) is 32.0 Å². The summed E-state index contributed by atoms with van der Waals surface area (Å²) >= 11 is 3.40. The van der Waals surface area contributed by atoms with Crippen LogP contribution in [0.25, 0.3) is 0 Å². The minimum Gasteiger partial charge on any atom is -0.322 e. The van der Waals surface area contributed by atoms with Crippen LogP contribution in [0.15, 0.2) is 53.0 Å². The third-order valence-electron chi connectivity index (χ3n) is 3.74. The van der Waals surface area contributed by atoms with E-state index in [1.807, 2.05) is 55.6 Å². The second kappa shape index (κ2) is 9.34. The van der Waals surface area contributed by atoms with Crippen LogP contribution in [-0.2, 0) is 16.0 Å². The van der Waals surface area contributed by atoms with Gasteiger partial charge >= 0.3 is 0 Å². The zero-order valence-corrected chi connectivity index (χ0v) is 16.0. The highest BCUT2D eigenvalue weighted by Crippen LogP contribution is 2.20. The van der Waals surface area contributed by atoms with E-state index in [0.717, 1.165) is 32.7 Å². The van der Waals surface area contributed by atoms with Gasteiger partial charge in [-0.3, -0.25) is 9.59 Å². The molecule has 1 unspecified atom stereocenters. The summed E-state index contributed by atoms with van der Waals surface area (Å²) in [7, 11) is 1.82. The third kappa shape index (κ3) is 5.99. The predicted molar refractivity (Wildman–Crippen MR) is 104 cm³/mol. The van der Waals surface area contributed by atoms with Crippen molar-refractivity contribution in [2.75, 3.05) is 30.8 Å². The van der Waals surface area contributed by atoms with Crippen molar-refractivity contribution >= 4 is 39.1 Å². The van der Waals surface area contributed by atoms with Gasteiger partial charge in [-0.2, -0.15) is 0 Å². The van der Waals surface area contributed by atoms with Crippen LogP contribution in [0.5, 0.6) is 0 Å². The van der Waals surface area contributed by atoms with Crippen molar-refractivity contribution in [2.45, 2.75) is 13.3 Å². The van der Waals surface area contributed by atoms with E-state index in [0.29, 0.717) is 0 Å². The molecule has 0 spiro atoms. The summed E-state index contributed by atoms with van der Waals surface area (Å²) in [6, 6.07) is 15.2. The van der Waals surface area contributed by atoms with Crippen LogP contribution in [0.3, 0.4) is 0 Å². The van der Waals surface area contributed by atoms with Gasteiger partial charge in [-0.1, -0.05) is 37.3 Å². The summed E-state index contributed by atoms with van der Waals surface area (Å²) in [5.41, 5.74) is 2.65. The van der Waals surface area contributed by atoms with Gasteiger partial charge in [0.15, 0.2) is 13.1 Å². The molecule has 0 aliphatic carbocycles. The molecule has 6 heteroatoms. The Balaban J connectivity index is 1.85. The molecule has 0 radical (unpaired) electrons. The van der Waals surface area contributed by atoms with Crippen molar-refractivity contribution in [3.8, 4) is 0 Å². The van der Waals surface area contributed by atoms with Crippen molar-refractivity contribution in [2.24, 2.45) is 0 Å². The van der Waals surface area contributed by atoms with E-state index in [4.69, 9.17) is 0 Å². The summed E-state index contributed by atoms with van der Waals surface area (Å²) in [5.74, 6) is -0.238. The Bertz CT molecular complexity index is 749. The molecule has 0 aromatic heterocycles. The van der Waals surface area contributed by atoms with Gasteiger partial charge in [-0.25, -0.2) is 0 Å². The second-order valence-corrected chi connectivity index (χ2v) is 6.75. The molecule has 2 amide bonds. The van der Waals surface area contributed by atoms with Crippen LogP contribution < -0.4 is 15.5 Å². The highest BCUT2D eigenvalue weighted by Gasteiger charge is 2.15. The number of benzene rings is 2. The number of anilines is 2. The first kappa shape index (κ1) is 19.1. The molecule has 132 valence electrons. The minimum absolute atomic E-state index is 0.105. The quantitative estimate of drug-likeness (QED) is 0.661. The number of rotatable bonds is 7. The van der Waals surface area contributed by atoms with Crippen molar-refractivity contribution < 1.29 is 14.5 Å². The van der Waals surface area contributed by atoms with Crippen molar-refractivity contribution in [3.63, 3.8) is 0 Å². The highest BCUT2D eigenvalue weighted by atomic mass is 79.9. The van der Waals surface area contributed by atoms with Crippen molar-refractivity contribution in [3.05, 3.63) is 58.6 Å². The van der Waals surface area contributed by atoms with E-state index in [1.54, 1.807) is 0 Å². The molecule has 0 bridgehead atoms. The number of halogens is 1. The lowest BCUT2D eigenvalue weighted by atomic mass is 10.1. The van der Waals surface area contributed by atoms with Gasteiger partial charge in [-0.05, 0) is 46.1 Å². The number of para-hydroxylation sites is 2. The lowest BCUT2D eigenvalue weighted by Crippen LogP contribution is -3.11. The smallest absolute Gasteiger partial charge is 0.279 e. The molecular formula is C19H23BrN3O2+. The van der Waals surface area contributed by atoms with Crippen LogP contribution in [0.2, 0.25) is 0 Å². The number of hydrogen-bond acceptors (Lipinski definition) is 2. The van der Waals surface area contributed by atoms with E-state index in [2.05, 4.69) is 33.5 Å². The molecule has 0 saturated heterocycles. The maximum absolute atomic E-state index is 12.2. The number of carbonyl (C=O) groups excluding carboxylic acids is 2. The molecule has 0 heterocycles. The number of nitrogens with one attached hydrogen (secondary N) is 3. The molecule has 25 heavy (non-hydrogen) atoms. The average molecular weight is 405 g/mol. The monoisotopic (exact) mass is 404 g/mol. The van der Waals surface area contributed by atoms with Gasteiger partial charge in [0, 0.05) is 10.2 Å². The van der Waals surface area contributed by atoms with Crippen LogP contribution in [0.4, 0.5) is 11.4 Å². The number of likely N-dealkylation sites (N-methyl/N-ethyl adjacent to an activating group) is 1. The lowest BCUT2D eigenvalue weighted by molar-refractivity contribution is -0.862. The first-order chi connectivity index (χ1) is 12.0. The number of hydrogen-bond donors (Lipinski definition) is 3. The van der Waals surface area contributed by atoms with E-state index in [1.165, 1.54) is 0 Å². The maximum Gasteiger partial charge on any atom is 0.279 e. The van der Waals surface area contributed by atoms with Gasteiger partial charge in [0.05, 0.1) is 12.7 Å². The van der Waals surface area contributed by atoms with Gasteiger partial charge in [-0.15, -0.1) is 0 Å². The molecule has 0 aliphatic rings. The molecule has 2 aromatic rings. The van der Waals surface area contributed by atoms with Gasteiger partial charge in [0.2, 0.25) is 0 Å². The lowest BCUT2D eigenvalue weighted by Gasteiger charge is -2.15. The molecule has 1 atom stereocenters. The Morgan fingerprint density at radius 1 is 0.920 bits per heavy atom. The molecule has 3 N–H and O–H groups in total. The topological polar surface area (TPSA) is 62.6 Å². The molecule has 0 saturated carbocycles. The Morgan fingerprint density at radius 3 is 2.04 bits per heavy atom. The molecule has 0 fully saturated rings. The van der Waals surface area contributed by atoms with Gasteiger partial charge in [0.25, 0.3) is 11.8 Å². The Kier molecular flexibility index (Phi) is 7.16. The average Bonchev–Trinajstić information content (AvgIpc) is 2.57. The summed E-state index contributed by atoms with van der Waals surface area (Å²) < 4.78 is 0.829.